The molecule has 0 spiro atoms. The number of nitrogens with zero attached hydrogens (tertiary/aromatic N) is 1. The van der Waals surface area contributed by atoms with Gasteiger partial charge in [0.05, 0.1) is 31.4 Å². The number of ether oxygens (including phenoxy) is 2. The lowest BCUT2D eigenvalue weighted by Gasteiger charge is -2.15. The van der Waals surface area contributed by atoms with Crippen molar-refractivity contribution in [3.05, 3.63) is 71.0 Å². The lowest BCUT2D eigenvalue weighted by molar-refractivity contribution is -0.138. The van der Waals surface area contributed by atoms with E-state index >= 15 is 0 Å². The fraction of sp³-hybridized carbons (Fsp3) is 0.227. The highest BCUT2D eigenvalue weighted by Gasteiger charge is 2.40. The van der Waals surface area contributed by atoms with Gasteiger partial charge in [0.15, 0.2) is 5.76 Å². The largest absolute Gasteiger partial charge is 0.502 e. The molecule has 7 heteroatoms. The molecule has 2 aromatic rings. The standard InChI is InChI=1S/C22H21NO6/c1-3-12-29-22(27)15-10-8-14(9-11-15)13-23-20(25)18(19(24)21(23)26)16-6-4-5-7-17(16)28-2/h4-11,24H,3,12-13H2,1-2H3. The van der Waals surface area contributed by atoms with Gasteiger partial charge in [-0.25, -0.2) is 4.79 Å². The summed E-state index contributed by atoms with van der Waals surface area (Å²) in [6, 6.07) is 13.1. The molecule has 0 bridgehead atoms. The molecule has 1 N–H and O–H groups in total. The van der Waals surface area contributed by atoms with Crippen LogP contribution < -0.4 is 4.74 Å². The van der Waals surface area contributed by atoms with Gasteiger partial charge in [-0.05, 0) is 30.2 Å². The number of aliphatic hydroxyl groups excluding tert-OH is 1. The quantitative estimate of drug-likeness (QED) is 0.572. The van der Waals surface area contributed by atoms with E-state index in [0.29, 0.717) is 29.0 Å². The van der Waals surface area contributed by atoms with E-state index in [1.165, 1.54) is 7.11 Å². The summed E-state index contributed by atoms with van der Waals surface area (Å²) < 4.78 is 10.3. The van der Waals surface area contributed by atoms with E-state index in [2.05, 4.69) is 0 Å². The number of para-hydroxylation sites is 1. The summed E-state index contributed by atoms with van der Waals surface area (Å²) in [4.78, 5) is 38.2. The summed E-state index contributed by atoms with van der Waals surface area (Å²) in [6.07, 6.45) is 0.730. The second-order valence-corrected chi connectivity index (χ2v) is 6.45. The predicted molar refractivity (Wildman–Crippen MR) is 105 cm³/mol. The van der Waals surface area contributed by atoms with E-state index in [1.54, 1.807) is 48.5 Å². The van der Waals surface area contributed by atoms with Crippen LogP contribution >= 0.6 is 0 Å². The SMILES string of the molecule is CCCOC(=O)c1ccc(CN2C(=O)C(O)=C(c3ccccc3OC)C2=O)cc1. The first-order valence-corrected chi connectivity index (χ1v) is 9.16. The molecule has 1 aliphatic heterocycles. The maximum atomic E-state index is 12.9. The third-order valence-corrected chi connectivity index (χ3v) is 4.49. The lowest BCUT2D eigenvalue weighted by Crippen LogP contribution is -2.31. The highest BCUT2D eigenvalue weighted by Crippen LogP contribution is 2.34. The zero-order valence-corrected chi connectivity index (χ0v) is 16.2. The lowest BCUT2D eigenvalue weighted by atomic mass is 10.0. The van der Waals surface area contributed by atoms with Gasteiger partial charge in [-0.1, -0.05) is 37.3 Å². The van der Waals surface area contributed by atoms with Crippen molar-refractivity contribution in [1.82, 2.24) is 4.90 Å². The van der Waals surface area contributed by atoms with Crippen molar-refractivity contribution in [2.75, 3.05) is 13.7 Å². The molecule has 1 aliphatic rings. The zero-order valence-electron chi connectivity index (χ0n) is 16.2. The molecule has 0 unspecified atom stereocenters. The number of imide groups is 1. The van der Waals surface area contributed by atoms with E-state index < -0.39 is 23.5 Å². The molecule has 1 heterocycles. The number of carbonyl (C=O) groups excluding carboxylic acids is 3. The van der Waals surface area contributed by atoms with Crippen LogP contribution in [0.25, 0.3) is 5.57 Å². The number of benzene rings is 2. The number of esters is 1. The Morgan fingerprint density at radius 1 is 1.03 bits per heavy atom. The summed E-state index contributed by atoms with van der Waals surface area (Å²) in [5, 5.41) is 10.3. The monoisotopic (exact) mass is 395 g/mol. The highest BCUT2D eigenvalue weighted by molar-refractivity contribution is 6.35. The predicted octanol–water partition coefficient (Wildman–Crippen LogP) is 3.10. The first-order chi connectivity index (χ1) is 14.0. The van der Waals surface area contributed by atoms with Gasteiger partial charge < -0.3 is 14.6 Å². The van der Waals surface area contributed by atoms with Crippen LogP contribution in [0.5, 0.6) is 5.75 Å². The number of aliphatic hydroxyl groups is 1. The van der Waals surface area contributed by atoms with Gasteiger partial charge in [0.2, 0.25) is 0 Å². The van der Waals surface area contributed by atoms with Crippen molar-refractivity contribution in [3.8, 4) is 5.75 Å². The van der Waals surface area contributed by atoms with Crippen LogP contribution in [0.4, 0.5) is 0 Å². The second-order valence-electron chi connectivity index (χ2n) is 6.45. The fourth-order valence-electron chi connectivity index (χ4n) is 3.01. The van der Waals surface area contributed by atoms with Crippen molar-refractivity contribution in [2.24, 2.45) is 0 Å². The minimum atomic E-state index is -0.776. The van der Waals surface area contributed by atoms with Crippen LogP contribution in [0.2, 0.25) is 0 Å². The van der Waals surface area contributed by atoms with E-state index in [1.807, 2.05) is 6.92 Å². The number of methoxy groups -OCH3 is 1. The van der Waals surface area contributed by atoms with Crippen LogP contribution in [0.15, 0.2) is 54.3 Å². The third-order valence-electron chi connectivity index (χ3n) is 4.49. The average Bonchev–Trinajstić information content (AvgIpc) is 2.95. The molecule has 0 fully saturated rings. The molecule has 2 amide bonds. The van der Waals surface area contributed by atoms with Gasteiger partial charge in [0.25, 0.3) is 11.8 Å². The molecular formula is C22H21NO6. The molecule has 150 valence electrons. The molecule has 0 saturated carbocycles. The minimum Gasteiger partial charge on any atom is -0.502 e. The number of carbonyl (C=O) groups is 3. The first kappa shape index (κ1) is 20.1. The number of amides is 2. The van der Waals surface area contributed by atoms with Crippen LogP contribution in [0, 0.1) is 0 Å². The van der Waals surface area contributed by atoms with E-state index in [4.69, 9.17) is 9.47 Å². The van der Waals surface area contributed by atoms with E-state index in [9.17, 15) is 19.5 Å². The summed E-state index contributed by atoms with van der Waals surface area (Å²) in [5.74, 6) is -2.04. The molecular weight excluding hydrogens is 374 g/mol. The number of rotatable bonds is 7. The number of hydrogen-bond donors (Lipinski definition) is 1. The van der Waals surface area contributed by atoms with Crippen molar-refractivity contribution in [2.45, 2.75) is 19.9 Å². The maximum Gasteiger partial charge on any atom is 0.338 e. The average molecular weight is 395 g/mol. The van der Waals surface area contributed by atoms with Gasteiger partial charge in [-0.15, -0.1) is 0 Å². The molecule has 2 aromatic carbocycles. The number of hydrogen-bond acceptors (Lipinski definition) is 6. The van der Waals surface area contributed by atoms with Gasteiger partial charge in [-0.3, -0.25) is 14.5 Å². The topological polar surface area (TPSA) is 93.1 Å². The first-order valence-electron chi connectivity index (χ1n) is 9.16. The summed E-state index contributed by atoms with van der Waals surface area (Å²) in [5.41, 5.74) is 1.28. The summed E-state index contributed by atoms with van der Waals surface area (Å²) >= 11 is 0. The van der Waals surface area contributed by atoms with Crippen LogP contribution in [0.1, 0.15) is 34.8 Å². The molecule has 0 atom stereocenters. The molecule has 0 aliphatic carbocycles. The van der Waals surface area contributed by atoms with Crippen LogP contribution in [-0.4, -0.2) is 41.5 Å². The van der Waals surface area contributed by atoms with Crippen LogP contribution in [-0.2, 0) is 20.9 Å². The Hall–Kier alpha value is -3.61. The molecule has 7 nitrogen and oxygen atoms in total. The second kappa shape index (κ2) is 8.60. The van der Waals surface area contributed by atoms with Crippen LogP contribution in [0.3, 0.4) is 0 Å². The highest BCUT2D eigenvalue weighted by atomic mass is 16.5. The molecule has 0 aromatic heterocycles. The normalized spacial score (nSPS) is 13.8. The summed E-state index contributed by atoms with van der Waals surface area (Å²) in [6.45, 7) is 2.21. The van der Waals surface area contributed by atoms with E-state index in [0.717, 1.165) is 11.3 Å². The van der Waals surface area contributed by atoms with Gasteiger partial charge >= 0.3 is 5.97 Å². The molecule has 29 heavy (non-hydrogen) atoms. The third kappa shape index (κ3) is 3.99. The Bertz CT molecular complexity index is 977. The zero-order chi connectivity index (χ0) is 21.0. The van der Waals surface area contributed by atoms with Gasteiger partial charge in [-0.2, -0.15) is 0 Å². The minimum absolute atomic E-state index is 0.0370. The smallest absolute Gasteiger partial charge is 0.338 e. The Balaban J connectivity index is 1.79. The van der Waals surface area contributed by atoms with Gasteiger partial charge in [0.1, 0.15) is 5.75 Å². The Kier molecular flexibility index (Phi) is 5.97. The van der Waals surface area contributed by atoms with Crippen molar-refractivity contribution >= 4 is 23.4 Å². The Morgan fingerprint density at radius 2 is 1.72 bits per heavy atom. The fourth-order valence-corrected chi connectivity index (χ4v) is 3.01. The maximum absolute atomic E-state index is 12.9. The van der Waals surface area contributed by atoms with Crippen molar-refractivity contribution in [1.29, 1.82) is 0 Å². The summed E-state index contributed by atoms with van der Waals surface area (Å²) in [7, 11) is 1.45. The Labute approximate surface area is 168 Å². The van der Waals surface area contributed by atoms with E-state index in [-0.39, 0.29) is 12.1 Å². The Morgan fingerprint density at radius 3 is 2.38 bits per heavy atom. The van der Waals surface area contributed by atoms with Crippen molar-refractivity contribution in [3.63, 3.8) is 0 Å². The molecule has 0 saturated heterocycles. The molecule has 0 radical (unpaired) electrons. The van der Waals surface area contributed by atoms with Gasteiger partial charge in [0, 0.05) is 5.56 Å². The molecule has 3 rings (SSSR count). The van der Waals surface area contributed by atoms with Crippen molar-refractivity contribution < 1.29 is 29.0 Å².